The van der Waals surface area contributed by atoms with E-state index in [2.05, 4.69) is 4.98 Å². The molecule has 0 saturated carbocycles. The van der Waals surface area contributed by atoms with Crippen LogP contribution in [0.3, 0.4) is 0 Å². The van der Waals surface area contributed by atoms with Gasteiger partial charge in [-0.1, -0.05) is 20.8 Å². The van der Waals surface area contributed by atoms with Gasteiger partial charge in [0.25, 0.3) is 5.56 Å². The van der Waals surface area contributed by atoms with E-state index in [1.54, 1.807) is 7.05 Å². The highest BCUT2D eigenvalue weighted by Crippen LogP contribution is 2.18. The number of rotatable bonds is 0. The molecule has 72 valence electrons. The topological polar surface area (TPSA) is 54.9 Å². The lowest BCUT2D eigenvalue weighted by molar-refractivity contribution is 0.523. The zero-order valence-electron chi connectivity index (χ0n) is 8.34. The van der Waals surface area contributed by atoms with E-state index in [4.69, 9.17) is 0 Å². The summed E-state index contributed by atoms with van der Waals surface area (Å²) in [5.41, 5.74) is -0.158. The number of nitrogens with zero attached hydrogens (tertiary/aromatic N) is 1. The van der Waals surface area contributed by atoms with Crippen molar-refractivity contribution in [2.24, 2.45) is 7.05 Å². The highest BCUT2D eigenvalue weighted by molar-refractivity contribution is 5.11. The van der Waals surface area contributed by atoms with Crippen LogP contribution >= 0.6 is 0 Å². The van der Waals surface area contributed by atoms with Gasteiger partial charge in [-0.2, -0.15) is 0 Å². The van der Waals surface area contributed by atoms with Crippen LogP contribution < -0.4 is 11.2 Å². The second-order valence-corrected chi connectivity index (χ2v) is 4.13. The molecule has 1 heterocycles. The van der Waals surface area contributed by atoms with Gasteiger partial charge < -0.3 is 4.57 Å². The first-order valence-electron chi connectivity index (χ1n) is 4.13. The zero-order valence-corrected chi connectivity index (χ0v) is 8.34. The van der Waals surface area contributed by atoms with Gasteiger partial charge in [0.05, 0.1) is 0 Å². The van der Waals surface area contributed by atoms with Crippen LogP contribution in [-0.2, 0) is 12.5 Å². The summed E-state index contributed by atoms with van der Waals surface area (Å²) >= 11 is 0. The quantitative estimate of drug-likeness (QED) is 0.630. The van der Waals surface area contributed by atoms with E-state index >= 15 is 0 Å². The van der Waals surface area contributed by atoms with Crippen molar-refractivity contribution in [1.82, 2.24) is 9.55 Å². The van der Waals surface area contributed by atoms with Crippen LogP contribution in [0.25, 0.3) is 0 Å². The molecule has 0 atom stereocenters. The minimum absolute atomic E-state index is 0.192. The number of aromatic nitrogens is 2. The van der Waals surface area contributed by atoms with Crippen molar-refractivity contribution in [3.63, 3.8) is 0 Å². The van der Waals surface area contributed by atoms with Crippen LogP contribution in [0.15, 0.2) is 15.7 Å². The van der Waals surface area contributed by atoms with Gasteiger partial charge >= 0.3 is 5.69 Å². The van der Waals surface area contributed by atoms with Crippen molar-refractivity contribution in [3.05, 3.63) is 32.6 Å². The second-order valence-electron chi connectivity index (χ2n) is 4.13. The molecule has 0 aliphatic heterocycles. The molecule has 0 aliphatic rings. The van der Waals surface area contributed by atoms with E-state index in [-0.39, 0.29) is 16.7 Å². The first-order valence-corrected chi connectivity index (χ1v) is 4.13. The third kappa shape index (κ3) is 1.88. The van der Waals surface area contributed by atoms with Gasteiger partial charge in [0.1, 0.15) is 0 Å². The average Bonchev–Trinajstić information content (AvgIpc) is 1.94. The van der Waals surface area contributed by atoms with Gasteiger partial charge in [0, 0.05) is 24.2 Å². The van der Waals surface area contributed by atoms with Crippen molar-refractivity contribution in [2.45, 2.75) is 26.2 Å². The Kier molecular flexibility index (Phi) is 2.15. The van der Waals surface area contributed by atoms with E-state index in [0.717, 1.165) is 5.69 Å². The molecule has 1 aromatic heterocycles. The molecule has 1 aromatic rings. The molecule has 4 nitrogen and oxygen atoms in total. The van der Waals surface area contributed by atoms with Gasteiger partial charge in [-0.25, -0.2) is 4.79 Å². The Hall–Kier alpha value is -1.32. The van der Waals surface area contributed by atoms with Crippen LogP contribution in [-0.4, -0.2) is 9.55 Å². The van der Waals surface area contributed by atoms with Gasteiger partial charge in [-0.05, 0) is 0 Å². The van der Waals surface area contributed by atoms with E-state index < -0.39 is 0 Å². The Balaban J connectivity index is 3.56. The maximum absolute atomic E-state index is 11.2. The molecule has 1 rings (SSSR count). The molecule has 0 unspecified atom stereocenters. The minimum atomic E-state index is -0.363. The Morgan fingerprint density at radius 2 is 1.85 bits per heavy atom. The molecule has 0 spiro atoms. The predicted octanol–water partition coefficient (Wildman–Crippen LogP) is 0.371. The summed E-state index contributed by atoms with van der Waals surface area (Å²) in [5, 5.41) is 0. The molecular formula is C9H14N2O2. The Morgan fingerprint density at radius 3 is 2.31 bits per heavy atom. The van der Waals surface area contributed by atoms with E-state index in [1.165, 1.54) is 10.6 Å². The van der Waals surface area contributed by atoms with Crippen molar-refractivity contribution < 1.29 is 0 Å². The summed E-state index contributed by atoms with van der Waals surface area (Å²) in [6.07, 6.45) is 0. The molecule has 0 bridgehead atoms. The van der Waals surface area contributed by atoms with Gasteiger partial charge in [-0.15, -0.1) is 0 Å². The summed E-state index contributed by atoms with van der Waals surface area (Å²) in [4.78, 5) is 24.5. The fourth-order valence-electron chi connectivity index (χ4n) is 1.28. The van der Waals surface area contributed by atoms with E-state index in [1.807, 2.05) is 20.8 Å². The van der Waals surface area contributed by atoms with Crippen LogP contribution in [0.1, 0.15) is 26.5 Å². The summed E-state index contributed by atoms with van der Waals surface area (Å²) < 4.78 is 1.46. The third-order valence-corrected chi connectivity index (χ3v) is 1.93. The molecule has 13 heavy (non-hydrogen) atoms. The minimum Gasteiger partial charge on any atom is -0.300 e. The highest BCUT2D eigenvalue weighted by atomic mass is 16.2. The summed E-state index contributed by atoms with van der Waals surface area (Å²) in [6.45, 7) is 5.88. The number of hydrogen-bond donors (Lipinski definition) is 1. The fraction of sp³-hybridized carbons (Fsp3) is 0.556. The summed E-state index contributed by atoms with van der Waals surface area (Å²) in [7, 11) is 1.65. The van der Waals surface area contributed by atoms with Crippen LogP contribution in [0.4, 0.5) is 0 Å². The second kappa shape index (κ2) is 2.87. The lowest BCUT2D eigenvalue weighted by atomic mass is 9.92. The molecule has 0 aromatic carbocycles. The van der Waals surface area contributed by atoms with Crippen LogP contribution in [0.2, 0.25) is 0 Å². The monoisotopic (exact) mass is 182 g/mol. The van der Waals surface area contributed by atoms with Crippen molar-refractivity contribution in [1.29, 1.82) is 0 Å². The third-order valence-electron chi connectivity index (χ3n) is 1.93. The zero-order chi connectivity index (χ0) is 10.2. The Bertz CT molecular complexity index is 420. The Morgan fingerprint density at radius 1 is 1.31 bits per heavy atom. The van der Waals surface area contributed by atoms with E-state index in [0.29, 0.717) is 0 Å². The van der Waals surface area contributed by atoms with Crippen molar-refractivity contribution >= 4 is 0 Å². The largest absolute Gasteiger partial charge is 0.328 e. The average molecular weight is 182 g/mol. The SMILES string of the molecule is Cn1c(C(C)(C)C)cc(=O)[nH]c1=O. The van der Waals surface area contributed by atoms with Crippen LogP contribution in [0.5, 0.6) is 0 Å². The summed E-state index contributed by atoms with van der Waals surface area (Å²) in [5.74, 6) is 0. The van der Waals surface area contributed by atoms with Gasteiger partial charge in [-0.3, -0.25) is 9.78 Å². The number of H-pyrrole nitrogens is 1. The first kappa shape index (κ1) is 9.77. The standard InChI is InChI=1S/C9H14N2O2/c1-9(2,3)6-5-7(12)10-8(13)11(6)4/h5H,1-4H3,(H,10,12,13). The predicted molar refractivity (Wildman–Crippen MR) is 51.0 cm³/mol. The maximum atomic E-state index is 11.2. The van der Waals surface area contributed by atoms with Gasteiger partial charge in [0.15, 0.2) is 0 Å². The normalized spacial score (nSPS) is 11.7. The Labute approximate surface area is 76.2 Å². The smallest absolute Gasteiger partial charge is 0.300 e. The first-order chi connectivity index (χ1) is 5.82. The van der Waals surface area contributed by atoms with Crippen molar-refractivity contribution in [2.75, 3.05) is 0 Å². The van der Waals surface area contributed by atoms with E-state index in [9.17, 15) is 9.59 Å². The lowest BCUT2D eigenvalue weighted by Crippen LogP contribution is -2.34. The van der Waals surface area contributed by atoms with Gasteiger partial charge in [0.2, 0.25) is 0 Å². The van der Waals surface area contributed by atoms with Crippen LogP contribution in [0, 0.1) is 0 Å². The summed E-state index contributed by atoms with van der Waals surface area (Å²) in [6, 6.07) is 1.46. The fourth-order valence-corrected chi connectivity index (χ4v) is 1.28. The number of nitrogens with one attached hydrogen (secondary N) is 1. The molecule has 0 fully saturated rings. The number of hydrogen-bond acceptors (Lipinski definition) is 2. The molecule has 0 saturated heterocycles. The molecule has 0 amide bonds. The van der Waals surface area contributed by atoms with Crippen molar-refractivity contribution in [3.8, 4) is 0 Å². The highest BCUT2D eigenvalue weighted by Gasteiger charge is 2.17. The lowest BCUT2D eigenvalue weighted by Gasteiger charge is -2.20. The molecular weight excluding hydrogens is 168 g/mol. The molecule has 0 aliphatic carbocycles. The molecule has 4 heteroatoms. The molecule has 1 N–H and O–H groups in total. The number of aromatic amines is 1. The molecule has 0 radical (unpaired) electrons. The maximum Gasteiger partial charge on any atom is 0.328 e.